The second-order valence-corrected chi connectivity index (χ2v) is 9.48. The van der Waals surface area contributed by atoms with Crippen LogP contribution in [0.4, 0.5) is 0 Å². The van der Waals surface area contributed by atoms with E-state index in [0.29, 0.717) is 0 Å². The van der Waals surface area contributed by atoms with E-state index in [4.69, 9.17) is 0 Å². The number of carboxylic acid groups (broad SMARTS) is 1. The van der Waals surface area contributed by atoms with Gasteiger partial charge in [-0.05, 0) is 31.1 Å². The number of carboxylic acids is 1. The molecule has 1 saturated carbocycles. The predicted octanol–water partition coefficient (Wildman–Crippen LogP) is 3.61. The van der Waals surface area contributed by atoms with Crippen molar-refractivity contribution in [2.75, 3.05) is 7.05 Å². The van der Waals surface area contributed by atoms with E-state index in [1.165, 1.54) is 13.3 Å². The number of hydrogen-bond acceptors (Lipinski definition) is 3. The van der Waals surface area contributed by atoms with E-state index in [1.54, 1.807) is 18.0 Å². The van der Waals surface area contributed by atoms with Gasteiger partial charge in [0.15, 0.2) is 0 Å². The van der Waals surface area contributed by atoms with Crippen LogP contribution in [0.15, 0.2) is 11.6 Å². The Hall–Kier alpha value is -1.85. The molecule has 0 radical (unpaired) electrons. The van der Waals surface area contributed by atoms with Gasteiger partial charge in [-0.2, -0.15) is 0 Å². The summed E-state index contributed by atoms with van der Waals surface area (Å²) in [5.74, 6) is -1.21. The molecule has 6 heteroatoms. The summed E-state index contributed by atoms with van der Waals surface area (Å²) in [6.07, 6.45) is 6.65. The zero-order valence-corrected chi connectivity index (χ0v) is 18.5. The monoisotopic (exact) mass is 394 g/mol. The maximum atomic E-state index is 13.3. The van der Waals surface area contributed by atoms with E-state index in [-0.39, 0.29) is 35.3 Å². The SMILES string of the molecule is C/C(=C\C(C(C)C)N(C)C(=O)[C@@H](NC(=O)C1CCCCC1)C(C)(C)C)C(=O)O. The molecule has 160 valence electrons. The fourth-order valence-corrected chi connectivity index (χ4v) is 3.70. The van der Waals surface area contributed by atoms with Crippen LogP contribution in [-0.2, 0) is 14.4 Å². The van der Waals surface area contributed by atoms with Crippen molar-refractivity contribution in [3.63, 3.8) is 0 Å². The molecule has 0 aromatic carbocycles. The number of amides is 2. The predicted molar refractivity (Wildman–Crippen MR) is 111 cm³/mol. The summed E-state index contributed by atoms with van der Waals surface area (Å²) in [5.41, 5.74) is -0.250. The number of rotatable bonds is 7. The van der Waals surface area contributed by atoms with Crippen LogP contribution in [0.5, 0.6) is 0 Å². The number of nitrogens with zero attached hydrogens (tertiary/aromatic N) is 1. The lowest BCUT2D eigenvalue weighted by Gasteiger charge is -2.38. The fraction of sp³-hybridized carbons (Fsp3) is 0.773. The Kier molecular flexibility index (Phi) is 8.71. The molecule has 0 saturated heterocycles. The third kappa shape index (κ3) is 6.64. The van der Waals surface area contributed by atoms with Gasteiger partial charge in [0.2, 0.25) is 11.8 Å². The summed E-state index contributed by atoms with van der Waals surface area (Å²) in [6, 6.07) is -1.02. The van der Waals surface area contributed by atoms with Crippen molar-refractivity contribution in [1.82, 2.24) is 10.2 Å². The highest BCUT2D eigenvalue weighted by molar-refractivity contribution is 5.90. The van der Waals surface area contributed by atoms with E-state index in [2.05, 4.69) is 5.32 Å². The van der Waals surface area contributed by atoms with Crippen LogP contribution in [0, 0.1) is 17.3 Å². The van der Waals surface area contributed by atoms with Crippen LogP contribution in [0.2, 0.25) is 0 Å². The number of carbonyl (C=O) groups excluding carboxylic acids is 2. The summed E-state index contributed by atoms with van der Waals surface area (Å²) in [4.78, 5) is 38.9. The molecule has 0 bridgehead atoms. The third-order valence-electron chi connectivity index (χ3n) is 5.61. The first-order valence-corrected chi connectivity index (χ1v) is 10.3. The molecule has 0 aromatic rings. The molecule has 28 heavy (non-hydrogen) atoms. The molecule has 0 aliphatic heterocycles. The van der Waals surface area contributed by atoms with Crippen molar-refractivity contribution in [3.8, 4) is 0 Å². The molecule has 0 aromatic heterocycles. The molecule has 6 nitrogen and oxygen atoms in total. The first kappa shape index (κ1) is 24.2. The van der Waals surface area contributed by atoms with Crippen molar-refractivity contribution in [2.45, 2.75) is 85.7 Å². The quantitative estimate of drug-likeness (QED) is 0.646. The van der Waals surface area contributed by atoms with Crippen molar-refractivity contribution in [2.24, 2.45) is 17.3 Å². The highest BCUT2D eigenvalue weighted by atomic mass is 16.4. The molecular formula is C22H38N2O4. The van der Waals surface area contributed by atoms with E-state index < -0.39 is 17.4 Å². The lowest BCUT2D eigenvalue weighted by atomic mass is 9.83. The zero-order chi connectivity index (χ0) is 21.6. The van der Waals surface area contributed by atoms with Gasteiger partial charge in [0.05, 0.1) is 6.04 Å². The van der Waals surface area contributed by atoms with Crippen LogP contribution >= 0.6 is 0 Å². The largest absolute Gasteiger partial charge is 0.478 e. The number of hydrogen-bond donors (Lipinski definition) is 2. The summed E-state index contributed by atoms with van der Waals surface area (Å²) >= 11 is 0. The maximum absolute atomic E-state index is 13.3. The minimum atomic E-state index is -0.996. The van der Waals surface area contributed by atoms with Crippen LogP contribution in [0.25, 0.3) is 0 Å². The van der Waals surface area contributed by atoms with Crippen molar-refractivity contribution < 1.29 is 19.5 Å². The van der Waals surface area contributed by atoms with Crippen LogP contribution < -0.4 is 5.32 Å². The highest BCUT2D eigenvalue weighted by Gasteiger charge is 2.38. The van der Waals surface area contributed by atoms with Crippen molar-refractivity contribution >= 4 is 17.8 Å². The molecule has 0 spiro atoms. The van der Waals surface area contributed by atoms with E-state index in [9.17, 15) is 19.5 Å². The van der Waals surface area contributed by atoms with Crippen LogP contribution in [0.3, 0.4) is 0 Å². The summed E-state index contributed by atoms with van der Waals surface area (Å²) in [7, 11) is 1.68. The standard InChI is InChI=1S/C22H38N2O4/c1-14(2)17(13-15(3)21(27)28)24(7)20(26)18(22(4,5)6)23-19(25)16-11-9-8-10-12-16/h13-14,16-18H,8-12H2,1-7H3,(H,23,25)(H,27,28)/b15-13+/t17?,18-/m1/s1. The minimum Gasteiger partial charge on any atom is -0.478 e. The first-order valence-electron chi connectivity index (χ1n) is 10.3. The number of nitrogens with one attached hydrogen (secondary N) is 1. The Labute approximate surface area is 169 Å². The zero-order valence-electron chi connectivity index (χ0n) is 18.5. The van der Waals surface area contributed by atoms with Crippen molar-refractivity contribution in [3.05, 3.63) is 11.6 Å². The van der Waals surface area contributed by atoms with Gasteiger partial charge in [0.25, 0.3) is 0 Å². The molecule has 1 rings (SSSR count). The molecule has 2 N–H and O–H groups in total. The van der Waals surface area contributed by atoms with Gasteiger partial charge in [-0.25, -0.2) is 4.79 Å². The number of aliphatic carboxylic acids is 1. The maximum Gasteiger partial charge on any atom is 0.331 e. The van der Waals surface area contributed by atoms with Gasteiger partial charge < -0.3 is 15.3 Å². The molecule has 1 aliphatic carbocycles. The lowest BCUT2D eigenvalue weighted by molar-refractivity contribution is -0.141. The Morgan fingerprint density at radius 2 is 1.64 bits per heavy atom. The fourth-order valence-electron chi connectivity index (χ4n) is 3.70. The molecule has 2 amide bonds. The molecule has 0 heterocycles. The molecule has 1 aliphatic rings. The second-order valence-electron chi connectivity index (χ2n) is 9.48. The third-order valence-corrected chi connectivity index (χ3v) is 5.61. The molecule has 2 atom stereocenters. The summed E-state index contributed by atoms with van der Waals surface area (Å²) in [5, 5.41) is 12.2. The Balaban J connectivity index is 3.05. The normalized spacial score (nSPS) is 18.5. The van der Waals surface area contributed by atoms with E-state index in [1.807, 2.05) is 34.6 Å². The van der Waals surface area contributed by atoms with E-state index in [0.717, 1.165) is 25.7 Å². The van der Waals surface area contributed by atoms with Crippen molar-refractivity contribution in [1.29, 1.82) is 0 Å². The van der Waals surface area contributed by atoms with Gasteiger partial charge in [-0.1, -0.05) is 60.0 Å². The first-order chi connectivity index (χ1) is 12.9. The summed E-state index contributed by atoms with van der Waals surface area (Å²) < 4.78 is 0. The second kappa shape index (κ2) is 10.1. The molecule has 1 unspecified atom stereocenters. The van der Waals surface area contributed by atoms with Crippen LogP contribution in [-0.4, -0.2) is 46.9 Å². The Bertz CT molecular complexity index is 598. The van der Waals surface area contributed by atoms with E-state index >= 15 is 0 Å². The van der Waals surface area contributed by atoms with Gasteiger partial charge in [0.1, 0.15) is 6.04 Å². The highest BCUT2D eigenvalue weighted by Crippen LogP contribution is 2.27. The smallest absolute Gasteiger partial charge is 0.331 e. The van der Waals surface area contributed by atoms with Gasteiger partial charge >= 0.3 is 5.97 Å². The number of likely N-dealkylation sites (N-methyl/N-ethyl adjacent to an activating group) is 1. The minimum absolute atomic E-state index is 0.0215. The van der Waals surface area contributed by atoms with Gasteiger partial charge in [0, 0.05) is 18.5 Å². The molecular weight excluding hydrogens is 356 g/mol. The Morgan fingerprint density at radius 1 is 1.11 bits per heavy atom. The topological polar surface area (TPSA) is 86.7 Å². The average molecular weight is 395 g/mol. The molecule has 1 fully saturated rings. The average Bonchev–Trinajstić information content (AvgIpc) is 2.61. The van der Waals surface area contributed by atoms with Crippen LogP contribution in [0.1, 0.15) is 73.6 Å². The Morgan fingerprint density at radius 3 is 2.07 bits per heavy atom. The lowest BCUT2D eigenvalue weighted by Crippen LogP contribution is -2.57. The summed E-state index contributed by atoms with van der Waals surface area (Å²) in [6.45, 7) is 11.2. The van der Waals surface area contributed by atoms with Gasteiger partial charge in [-0.15, -0.1) is 0 Å². The number of carbonyl (C=O) groups is 3. The van der Waals surface area contributed by atoms with Gasteiger partial charge in [-0.3, -0.25) is 9.59 Å².